The summed E-state index contributed by atoms with van der Waals surface area (Å²) in [5, 5.41) is 0. The van der Waals surface area contributed by atoms with E-state index in [1.807, 2.05) is 0 Å². The van der Waals surface area contributed by atoms with Crippen LogP contribution in [0.3, 0.4) is 0 Å². The molecule has 106 valence electrons. The summed E-state index contributed by atoms with van der Waals surface area (Å²) >= 11 is 0. The minimum absolute atomic E-state index is 0.359. The molecular weight excluding hydrogens is 220 g/mol. The average molecular weight is 252 g/mol. The van der Waals surface area contributed by atoms with Gasteiger partial charge in [0.1, 0.15) is 0 Å². The monoisotopic (exact) mass is 252 g/mol. The summed E-state index contributed by atoms with van der Waals surface area (Å²) in [5.41, 5.74) is 6.60. The first-order valence-corrected chi connectivity index (χ1v) is 8.22. The summed E-state index contributed by atoms with van der Waals surface area (Å²) in [7, 11) is 0. The number of likely N-dealkylation sites (tertiary alicyclic amines) is 1. The van der Waals surface area contributed by atoms with Crippen molar-refractivity contribution in [3.05, 3.63) is 0 Å². The van der Waals surface area contributed by atoms with Crippen molar-refractivity contribution in [1.82, 2.24) is 4.90 Å². The van der Waals surface area contributed by atoms with E-state index in [1.165, 1.54) is 64.5 Å². The lowest BCUT2D eigenvalue weighted by atomic mass is 9.83. The Labute approximate surface area is 113 Å². The van der Waals surface area contributed by atoms with Gasteiger partial charge in [-0.1, -0.05) is 33.1 Å². The van der Waals surface area contributed by atoms with E-state index in [9.17, 15) is 0 Å². The zero-order chi connectivity index (χ0) is 13.0. The molecule has 2 fully saturated rings. The van der Waals surface area contributed by atoms with Gasteiger partial charge >= 0.3 is 0 Å². The van der Waals surface area contributed by atoms with Crippen molar-refractivity contribution in [2.24, 2.45) is 17.6 Å². The van der Waals surface area contributed by atoms with Crippen molar-refractivity contribution in [2.45, 2.75) is 70.8 Å². The Balaban J connectivity index is 2.07. The molecule has 3 unspecified atom stereocenters. The number of hydrogen-bond donors (Lipinski definition) is 1. The van der Waals surface area contributed by atoms with Crippen LogP contribution in [-0.2, 0) is 0 Å². The van der Waals surface area contributed by atoms with E-state index < -0.39 is 0 Å². The summed E-state index contributed by atoms with van der Waals surface area (Å²) in [6.07, 6.45) is 11.0. The lowest BCUT2D eigenvalue weighted by Gasteiger charge is -2.44. The van der Waals surface area contributed by atoms with Crippen LogP contribution in [0.5, 0.6) is 0 Å². The molecule has 0 radical (unpaired) electrons. The second-order valence-corrected chi connectivity index (χ2v) is 6.50. The van der Waals surface area contributed by atoms with Crippen LogP contribution in [0.4, 0.5) is 0 Å². The van der Waals surface area contributed by atoms with E-state index in [0.717, 1.165) is 18.4 Å². The fraction of sp³-hybridized carbons (Fsp3) is 1.00. The third-order valence-electron chi connectivity index (χ3n) is 5.82. The van der Waals surface area contributed by atoms with Crippen molar-refractivity contribution in [1.29, 1.82) is 0 Å². The molecule has 2 heteroatoms. The molecule has 0 aromatic heterocycles. The van der Waals surface area contributed by atoms with Crippen LogP contribution >= 0.6 is 0 Å². The molecule has 1 saturated carbocycles. The topological polar surface area (TPSA) is 29.3 Å². The highest BCUT2D eigenvalue weighted by Gasteiger charge is 2.45. The number of nitrogens with zero attached hydrogens (tertiary/aromatic N) is 1. The molecule has 1 heterocycles. The van der Waals surface area contributed by atoms with Gasteiger partial charge in [0.25, 0.3) is 0 Å². The zero-order valence-electron chi connectivity index (χ0n) is 12.5. The van der Waals surface area contributed by atoms with Gasteiger partial charge in [-0.2, -0.15) is 0 Å². The van der Waals surface area contributed by atoms with Crippen molar-refractivity contribution in [3.63, 3.8) is 0 Å². The quantitative estimate of drug-likeness (QED) is 0.831. The summed E-state index contributed by atoms with van der Waals surface area (Å²) in [6, 6.07) is 0. The first-order chi connectivity index (χ1) is 8.76. The fourth-order valence-corrected chi connectivity index (χ4v) is 4.54. The zero-order valence-corrected chi connectivity index (χ0v) is 12.5. The largest absolute Gasteiger partial charge is 0.329 e. The van der Waals surface area contributed by atoms with Gasteiger partial charge in [-0.05, 0) is 57.0 Å². The molecule has 0 aromatic carbocycles. The van der Waals surface area contributed by atoms with Crippen LogP contribution < -0.4 is 5.73 Å². The van der Waals surface area contributed by atoms with E-state index in [4.69, 9.17) is 5.73 Å². The first-order valence-electron chi connectivity index (χ1n) is 8.22. The van der Waals surface area contributed by atoms with Gasteiger partial charge in [0.05, 0.1) is 0 Å². The highest BCUT2D eigenvalue weighted by atomic mass is 15.2. The molecule has 1 saturated heterocycles. The number of hydrogen-bond acceptors (Lipinski definition) is 2. The maximum absolute atomic E-state index is 6.24. The van der Waals surface area contributed by atoms with Gasteiger partial charge in [0.15, 0.2) is 0 Å². The lowest BCUT2D eigenvalue weighted by Crippen LogP contribution is -2.56. The standard InChI is InChI=1S/C16H32N2/c1-3-14-7-6-11-18(12-9-14)16(13-17)10-5-8-15(16)4-2/h14-15H,3-13,17H2,1-2H3. The summed E-state index contributed by atoms with van der Waals surface area (Å²) in [4.78, 5) is 2.80. The Hall–Kier alpha value is -0.0800. The van der Waals surface area contributed by atoms with Crippen LogP contribution in [0.15, 0.2) is 0 Å². The third-order valence-corrected chi connectivity index (χ3v) is 5.82. The number of rotatable bonds is 4. The van der Waals surface area contributed by atoms with Gasteiger partial charge in [0.2, 0.25) is 0 Å². The molecule has 0 spiro atoms. The van der Waals surface area contributed by atoms with Crippen molar-refractivity contribution >= 4 is 0 Å². The Morgan fingerprint density at radius 3 is 2.56 bits per heavy atom. The smallest absolute Gasteiger partial charge is 0.0359 e. The molecule has 1 aliphatic heterocycles. The molecule has 18 heavy (non-hydrogen) atoms. The number of nitrogens with two attached hydrogens (primary N) is 1. The molecule has 2 rings (SSSR count). The summed E-state index contributed by atoms with van der Waals surface area (Å²) in [5.74, 6) is 1.81. The van der Waals surface area contributed by atoms with E-state index in [-0.39, 0.29) is 0 Å². The Bertz CT molecular complexity index is 253. The second-order valence-electron chi connectivity index (χ2n) is 6.50. The summed E-state index contributed by atoms with van der Waals surface area (Å²) < 4.78 is 0. The average Bonchev–Trinajstić information content (AvgIpc) is 2.68. The van der Waals surface area contributed by atoms with E-state index in [2.05, 4.69) is 18.7 Å². The van der Waals surface area contributed by atoms with Crippen molar-refractivity contribution in [2.75, 3.05) is 19.6 Å². The third kappa shape index (κ3) is 2.60. The minimum Gasteiger partial charge on any atom is -0.329 e. The normalized spacial score (nSPS) is 38.8. The summed E-state index contributed by atoms with van der Waals surface area (Å²) in [6.45, 7) is 8.18. The van der Waals surface area contributed by atoms with Crippen LogP contribution in [0.1, 0.15) is 65.2 Å². The van der Waals surface area contributed by atoms with Crippen LogP contribution in [-0.4, -0.2) is 30.1 Å². The lowest BCUT2D eigenvalue weighted by molar-refractivity contribution is 0.0577. The van der Waals surface area contributed by atoms with E-state index in [1.54, 1.807) is 0 Å². The highest BCUT2D eigenvalue weighted by Crippen LogP contribution is 2.42. The predicted octanol–water partition coefficient (Wildman–Crippen LogP) is 3.41. The molecule has 2 aliphatic rings. The molecular formula is C16H32N2. The SMILES string of the molecule is CCC1CCCN(C2(CN)CCCC2CC)CC1. The first kappa shape index (κ1) is 14.3. The minimum atomic E-state index is 0.359. The van der Waals surface area contributed by atoms with Crippen LogP contribution in [0.25, 0.3) is 0 Å². The molecule has 2 nitrogen and oxygen atoms in total. The highest BCUT2D eigenvalue weighted by molar-refractivity contribution is 5.01. The van der Waals surface area contributed by atoms with Crippen LogP contribution in [0, 0.1) is 11.8 Å². The predicted molar refractivity (Wildman–Crippen MR) is 78.6 cm³/mol. The maximum atomic E-state index is 6.24. The van der Waals surface area contributed by atoms with Gasteiger partial charge < -0.3 is 5.73 Å². The van der Waals surface area contributed by atoms with Gasteiger partial charge in [-0.15, -0.1) is 0 Å². The van der Waals surface area contributed by atoms with Crippen molar-refractivity contribution < 1.29 is 0 Å². The Kier molecular flexibility index (Phi) is 5.08. The van der Waals surface area contributed by atoms with Crippen LogP contribution in [0.2, 0.25) is 0 Å². The molecule has 1 aliphatic carbocycles. The maximum Gasteiger partial charge on any atom is 0.0359 e. The van der Waals surface area contributed by atoms with Gasteiger partial charge in [-0.25, -0.2) is 0 Å². The molecule has 0 amide bonds. The molecule has 2 N–H and O–H groups in total. The Morgan fingerprint density at radius 1 is 1.06 bits per heavy atom. The van der Waals surface area contributed by atoms with Gasteiger partial charge in [0, 0.05) is 12.1 Å². The Morgan fingerprint density at radius 2 is 1.89 bits per heavy atom. The second kappa shape index (κ2) is 6.38. The van der Waals surface area contributed by atoms with Crippen molar-refractivity contribution in [3.8, 4) is 0 Å². The van der Waals surface area contributed by atoms with E-state index >= 15 is 0 Å². The fourth-order valence-electron chi connectivity index (χ4n) is 4.54. The molecule has 0 bridgehead atoms. The van der Waals surface area contributed by atoms with E-state index in [0.29, 0.717) is 5.54 Å². The van der Waals surface area contributed by atoms with Gasteiger partial charge in [-0.3, -0.25) is 4.90 Å². The molecule has 0 aromatic rings. The molecule has 3 atom stereocenters.